The number of rotatable bonds is 8. The van der Waals surface area contributed by atoms with E-state index in [1.54, 1.807) is 6.92 Å². The molecule has 1 amide bonds. The normalized spacial score (nSPS) is 13.0. The van der Waals surface area contributed by atoms with Gasteiger partial charge in [0, 0.05) is 0 Å². The number of hydrogen-bond donors (Lipinski definition) is 1. The number of hydrogen-bond acceptors (Lipinski definition) is 6. The van der Waals surface area contributed by atoms with Crippen LogP contribution in [0.2, 0.25) is 0 Å². The minimum atomic E-state index is -0.512. The van der Waals surface area contributed by atoms with Crippen molar-refractivity contribution in [1.29, 1.82) is 0 Å². The molecule has 3 aromatic carbocycles. The number of fused-ring (bicyclic) bond motifs is 1. The number of nitrogens with zero attached hydrogens (tertiary/aromatic N) is 2. The summed E-state index contributed by atoms with van der Waals surface area (Å²) < 4.78 is 24.3. The molecular weight excluding hydrogens is 429 g/mol. The Kier molecular flexibility index (Phi) is 6.70. The summed E-state index contributed by atoms with van der Waals surface area (Å²) in [7, 11) is 0. The zero-order valence-corrected chi connectivity index (χ0v) is 18.4. The van der Waals surface area contributed by atoms with Crippen molar-refractivity contribution >= 4 is 28.4 Å². The number of benzene rings is 3. The van der Waals surface area contributed by atoms with Crippen LogP contribution in [0.1, 0.15) is 37.4 Å². The van der Waals surface area contributed by atoms with Gasteiger partial charge in [-0.1, -0.05) is 54.2 Å². The Balaban J connectivity index is 1.31. The summed E-state index contributed by atoms with van der Waals surface area (Å²) in [5.41, 5.74) is 1.06. The molecule has 2 unspecified atom stereocenters. The van der Waals surface area contributed by atoms with E-state index >= 15 is 0 Å². The highest BCUT2D eigenvalue weighted by molar-refractivity contribution is 7.99. The van der Waals surface area contributed by atoms with Crippen molar-refractivity contribution in [2.45, 2.75) is 31.2 Å². The molecule has 0 radical (unpaired) electrons. The van der Waals surface area contributed by atoms with E-state index in [2.05, 4.69) is 33.7 Å². The maximum atomic E-state index is 13.0. The Labute approximate surface area is 189 Å². The molecule has 32 heavy (non-hydrogen) atoms. The highest BCUT2D eigenvalue weighted by Crippen LogP contribution is 2.26. The summed E-state index contributed by atoms with van der Waals surface area (Å²) in [5.74, 6) is 0.444. The molecule has 4 rings (SSSR count). The maximum Gasteiger partial charge on any atom is 0.277 e. The van der Waals surface area contributed by atoms with Gasteiger partial charge in [0.1, 0.15) is 11.6 Å². The van der Waals surface area contributed by atoms with Crippen molar-refractivity contribution in [2.75, 3.05) is 5.75 Å². The van der Waals surface area contributed by atoms with Gasteiger partial charge in [-0.2, -0.15) is 0 Å². The zero-order valence-electron chi connectivity index (χ0n) is 17.6. The number of nitrogens with one attached hydrogen (secondary N) is 1. The summed E-state index contributed by atoms with van der Waals surface area (Å²) in [6.07, 6.45) is -0.512. The quantitative estimate of drug-likeness (QED) is 0.358. The van der Waals surface area contributed by atoms with E-state index in [1.807, 2.05) is 31.2 Å². The second-order valence-corrected chi connectivity index (χ2v) is 8.19. The molecule has 0 fully saturated rings. The lowest BCUT2D eigenvalue weighted by Crippen LogP contribution is -2.28. The van der Waals surface area contributed by atoms with Crippen LogP contribution in [0.5, 0.6) is 5.75 Å². The van der Waals surface area contributed by atoms with Crippen molar-refractivity contribution in [3.63, 3.8) is 0 Å². The summed E-state index contributed by atoms with van der Waals surface area (Å²) >= 11 is 1.16. The molecule has 2 atom stereocenters. The summed E-state index contributed by atoms with van der Waals surface area (Å²) in [4.78, 5) is 12.5. The molecule has 0 saturated heterocycles. The number of thioether (sulfide) groups is 1. The lowest BCUT2D eigenvalue weighted by Gasteiger charge is -2.16. The molecule has 1 aromatic heterocycles. The largest absolute Gasteiger partial charge is 0.481 e. The Morgan fingerprint density at radius 1 is 1.06 bits per heavy atom. The molecule has 164 valence electrons. The first-order chi connectivity index (χ1) is 15.5. The molecule has 4 aromatic rings. The number of carbonyl (C=O) groups is 1. The molecule has 1 N–H and O–H groups in total. The fourth-order valence-corrected chi connectivity index (χ4v) is 3.91. The molecule has 0 aliphatic carbocycles. The standard InChI is InChI=1S/C24H22FN3O3S/c1-15(20-9-5-7-17-6-3-4-8-21(17)20)26-22(29)14-32-24-28-27-23(31-24)16(2)30-19-12-10-18(25)11-13-19/h3-13,15-16H,14H2,1-2H3,(H,26,29). The zero-order chi connectivity index (χ0) is 22.5. The molecule has 8 heteroatoms. The van der Waals surface area contributed by atoms with E-state index < -0.39 is 6.10 Å². The SMILES string of the molecule is CC(NC(=O)CSc1nnc(C(C)Oc2ccc(F)cc2)o1)c1cccc2ccccc12. The van der Waals surface area contributed by atoms with Gasteiger partial charge >= 0.3 is 0 Å². The highest BCUT2D eigenvalue weighted by atomic mass is 32.2. The minimum absolute atomic E-state index is 0.134. The summed E-state index contributed by atoms with van der Waals surface area (Å²) in [5, 5.41) is 13.5. The second-order valence-electron chi connectivity index (χ2n) is 7.27. The lowest BCUT2D eigenvalue weighted by molar-refractivity contribution is -0.119. The Morgan fingerprint density at radius 2 is 1.81 bits per heavy atom. The smallest absolute Gasteiger partial charge is 0.277 e. The van der Waals surface area contributed by atoms with Crippen LogP contribution in [0, 0.1) is 5.82 Å². The van der Waals surface area contributed by atoms with Crippen LogP contribution in [0.15, 0.2) is 76.4 Å². The van der Waals surface area contributed by atoms with Crippen LogP contribution in [0.3, 0.4) is 0 Å². The van der Waals surface area contributed by atoms with E-state index in [0.717, 1.165) is 28.1 Å². The monoisotopic (exact) mass is 451 g/mol. The second kappa shape index (κ2) is 9.82. The molecule has 1 heterocycles. The molecule has 0 aliphatic heterocycles. The van der Waals surface area contributed by atoms with Crippen LogP contribution in [-0.4, -0.2) is 21.9 Å². The van der Waals surface area contributed by atoms with E-state index in [-0.39, 0.29) is 34.6 Å². The number of carbonyl (C=O) groups excluding carboxylic acids is 1. The Hall–Kier alpha value is -3.39. The Morgan fingerprint density at radius 3 is 2.62 bits per heavy atom. The van der Waals surface area contributed by atoms with Gasteiger partial charge in [-0.3, -0.25) is 4.79 Å². The van der Waals surface area contributed by atoms with Crippen molar-refractivity contribution < 1.29 is 18.3 Å². The van der Waals surface area contributed by atoms with Gasteiger partial charge < -0.3 is 14.5 Å². The van der Waals surface area contributed by atoms with Gasteiger partial charge in [0.05, 0.1) is 11.8 Å². The van der Waals surface area contributed by atoms with Gasteiger partial charge in [0.2, 0.25) is 5.91 Å². The van der Waals surface area contributed by atoms with Crippen LogP contribution >= 0.6 is 11.8 Å². The number of amides is 1. The fraction of sp³-hybridized carbons (Fsp3) is 0.208. The first-order valence-corrected chi connectivity index (χ1v) is 11.1. The Bertz CT molecular complexity index is 1210. The van der Waals surface area contributed by atoms with Gasteiger partial charge in [0.15, 0.2) is 6.10 Å². The third-order valence-corrected chi connectivity index (χ3v) is 5.71. The van der Waals surface area contributed by atoms with Crippen molar-refractivity contribution in [1.82, 2.24) is 15.5 Å². The molecular formula is C24H22FN3O3S. The predicted molar refractivity (Wildman–Crippen MR) is 121 cm³/mol. The first-order valence-electron chi connectivity index (χ1n) is 10.1. The molecule has 0 spiro atoms. The maximum absolute atomic E-state index is 13.0. The fourth-order valence-electron chi connectivity index (χ4n) is 3.33. The van der Waals surface area contributed by atoms with Gasteiger partial charge in [-0.05, 0) is 54.4 Å². The number of aromatic nitrogens is 2. The summed E-state index contributed by atoms with van der Waals surface area (Å²) in [6, 6.07) is 19.7. The first kappa shape index (κ1) is 21.8. The van der Waals surface area contributed by atoms with E-state index in [1.165, 1.54) is 24.3 Å². The number of ether oxygens (including phenoxy) is 1. The highest BCUT2D eigenvalue weighted by Gasteiger charge is 2.18. The van der Waals surface area contributed by atoms with Crippen LogP contribution in [0.25, 0.3) is 10.8 Å². The van der Waals surface area contributed by atoms with Gasteiger partial charge in [-0.15, -0.1) is 10.2 Å². The van der Waals surface area contributed by atoms with Crippen molar-refractivity contribution in [2.24, 2.45) is 0 Å². The van der Waals surface area contributed by atoms with E-state index in [0.29, 0.717) is 5.75 Å². The van der Waals surface area contributed by atoms with E-state index in [9.17, 15) is 9.18 Å². The van der Waals surface area contributed by atoms with E-state index in [4.69, 9.17) is 9.15 Å². The predicted octanol–water partition coefficient (Wildman–Crippen LogP) is 5.47. The summed E-state index contributed by atoms with van der Waals surface area (Å²) in [6.45, 7) is 3.72. The van der Waals surface area contributed by atoms with Crippen LogP contribution in [0.4, 0.5) is 4.39 Å². The minimum Gasteiger partial charge on any atom is -0.481 e. The van der Waals surface area contributed by atoms with Gasteiger partial charge in [0.25, 0.3) is 11.1 Å². The number of halogens is 1. The molecule has 6 nitrogen and oxygen atoms in total. The van der Waals surface area contributed by atoms with Crippen LogP contribution < -0.4 is 10.1 Å². The van der Waals surface area contributed by atoms with Crippen LogP contribution in [-0.2, 0) is 4.79 Å². The average molecular weight is 452 g/mol. The molecule has 0 bridgehead atoms. The molecule has 0 saturated carbocycles. The van der Waals surface area contributed by atoms with Crippen molar-refractivity contribution in [3.05, 3.63) is 84.0 Å². The third-order valence-electron chi connectivity index (χ3n) is 4.89. The molecule has 0 aliphatic rings. The average Bonchev–Trinajstić information content (AvgIpc) is 3.28. The van der Waals surface area contributed by atoms with Crippen molar-refractivity contribution in [3.8, 4) is 5.75 Å². The lowest BCUT2D eigenvalue weighted by atomic mass is 10.00. The van der Waals surface area contributed by atoms with Gasteiger partial charge in [-0.25, -0.2) is 4.39 Å². The third kappa shape index (κ3) is 5.26. The topological polar surface area (TPSA) is 77.2 Å².